The fourth-order valence-electron chi connectivity index (χ4n) is 1.52. The summed E-state index contributed by atoms with van der Waals surface area (Å²) >= 11 is 0. The fourth-order valence-corrected chi connectivity index (χ4v) is 1.52. The normalized spacial score (nSPS) is 12.1. The Labute approximate surface area is 109 Å². The van der Waals surface area contributed by atoms with Crippen LogP contribution in [0.1, 0.15) is 51.9 Å². The van der Waals surface area contributed by atoms with Crippen LogP contribution in [0.5, 0.6) is 0 Å². The third-order valence-electron chi connectivity index (χ3n) is 2.82. The fraction of sp³-hybridized carbons (Fsp3) is 0.846. The van der Waals surface area contributed by atoms with Gasteiger partial charge in [0.05, 0.1) is 6.10 Å². The molecular formula is C13H25NO4. The Bertz CT molecular complexity index is 243. The molecule has 5 nitrogen and oxygen atoms in total. The number of rotatable bonds is 11. The van der Waals surface area contributed by atoms with Crippen molar-refractivity contribution in [3.63, 3.8) is 0 Å². The summed E-state index contributed by atoms with van der Waals surface area (Å²) in [6.45, 7) is 2.61. The summed E-state index contributed by atoms with van der Waals surface area (Å²) in [5, 5.41) is 11.3. The van der Waals surface area contributed by atoms with Crippen molar-refractivity contribution in [2.45, 2.75) is 58.0 Å². The van der Waals surface area contributed by atoms with E-state index in [1.54, 1.807) is 7.11 Å². The molecule has 0 aromatic carbocycles. The second-order valence-electron chi connectivity index (χ2n) is 4.49. The average Bonchev–Trinajstić information content (AvgIpc) is 2.34. The molecule has 2 N–H and O–H groups in total. The average molecular weight is 259 g/mol. The highest BCUT2D eigenvalue weighted by Gasteiger charge is 2.04. The van der Waals surface area contributed by atoms with Crippen molar-refractivity contribution >= 4 is 11.9 Å². The molecule has 5 heteroatoms. The van der Waals surface area contributed by atoms with Gasteiger partial charge < -0.3 is 15.2 Å². The highest BCUT2D eigenvalue weighted by atomic mass is 16.5. The molecule has 0 heterocycles. The Balaban J connectivity index is 3.27. The topological polar surface area (TPSA) is 75.6 Å². The van der Waals surface area contributed by atoms with E-state index < -0.39 is 5.97 Å². The second-order valence-corrected chi connectivity index (χ2v) is 4.49. The van der Waals surface area contributed by atoms with Crippen molar-refractivity contribution in [3.05, 3.63) is 0 Å². The number of amides is 1. The summed E-state index contributed by atoms with van der Waals surface area (Å²) in [6, 6.07) is 0. The molecule has 1 unspecified atom stereocenters. The van der Waals surface area contributed by atoms with Gasteiger partial charge >= 0.3 is 5.97 Å². The third-order valence-corrected chi connectivity index (χ3v) is 2.82. The van der Waals surface area contributed by atoms with E-state index >= 15 is 0 Å². The van der Waals surface area contributed by atoms with Crippen LogP contribution in [0.3, 0.4) is 0 Å². The first-order chi connectivity index (χ1) is 8.56. The maximum atomic E-state index is 11.4. The lowest BCUT2D eigenvalue weighted by Gasteiger charge is -2.09. The molecule has 0 bridgehead atoms. The number of aliphatic carboxylic acids is 1. The van der Waals surface area contributed by atoms with Gasteiger partial charge in [-0.25, -0.2) is 0 Å². The molecule has 0 spiro atoms. The van der Waals surface area contributed by atoms with Crippen LogP contribution in [0.15, 0.2) is 0 Å². The minimum atomic E-state index is -0.740. The predicted octanol–water partition coefficient (Wildman–Crippen LogP) is 1.95. The van der Waals surface area contributed by atoms with E-state index in [1.165, 1.54) is 0 Å². The van der Waals surface area contributed by atoms with Crippen LogP contribution in [0.2, 0.25) is 0 Å². The van der Waals surface area contributed by atoms with E-state index in [2.05, 4.69) is 5.32 Å². The van der Waals surface area contributed by atoms with E-state index in [0.717, 1.165) is 25.7 Å². The lowest BCUT2D eigenvalue weighted by Crippen LogP contribution is -2.25. The number of carbonyl (C=O) groups excluding carboxylic acids is 1. The van der Waals surface area contributed by atoms with Gasteiger partial charge in [0.2, 0.25) is 5.91 Å². The number of carbonyl (C=O) groups is 2. The molecule has 0 saturated heterocycles. The maximum Gasteiger partial charge on any atom is 0.303 e. The monoisotopic (exact) mass is 259 g/mol. The first-order valence-corrected chi connectivity index (χ1v) is 6.57. The minimum Gasteiger partial charge on any atom is -0.481 e. The summed E-state index contributed by atoms with van der Waals surface area (Å²) in [7, 11) is 1.64. The molecule has 18 heavy (non-hydrogen) atoms. The van der Waals surface area contributed by atoms with Gasteiger partial charge in [0, 0.05) is 26.5 Å². The quantitative estimate of drug-likeness (QED) is 0.556. The second kappa shape index (κ2) is 11.0. The molecule has 0 aliphatic rings. The summed E-state index contributed by atoms with van der Waals surface area (Å²) in [5.41, 5.74) is 0. The van der Waals surface area contributed by atoms with E-state index in [4.69, 9.17) is 9.84 Å². The van der Waals surface area contributed by atoms with Crippen LogP contribution in [-0.4, -0.2) is 36.7 Å². The van der Waals surface area contributed by atoms with Crippen LogP contribution >= 0.6 is 0 Å². The van der Waals surface area contributed by atoms with E-state index in [0.29, 0.717) is 19.4 Å². The zero-order chi connectivity index (χ0) is 13.8. The molecule has 0 aliphatic heterocycles. The Morgan fingerprint density at radius 1 is 1.17 bits per heavy atom. The number of hydrogen-bond acceptors (Lipinski definition) is 3. The van der Waals surface area contributed by atoms with Crippen molar-refractivity contribution in [3.8, 4) is 0 Å². The van der Waals surface area contributed by atoms with Crippen molar-refractivity contribution in [1.82, 2.24) is 5.32 Å². The van der Waals surface area contributed by atoms with Gasteiger partial charge in [-0.15, -0.1) is 0 Å². The largest absolute Gasteiger partial charge is 0.481 e. The van der Waals surface area contributed by atoms with Gasteiger partial charge in [-0.3, -0.25) is 9.59 Å². The van der Waals surface area contributed by atoms with Crippen LogP contribution in [0.25, 0.3) is 0 Å². The van der Waals surface area contributed by atoms with Gasteiger partial charge in [-0.05, 0) is 26.2 Å². The van der Waals surface area contributed by atoms with E-state index in [1.807, 2.05) is 6.92 Å². The zero-order valence-electron chi connectivity index (χ0n) is 11.4. The number of ether oxygens (including phenoxy) is 1. The van der Waals surface area contributed by atoms with Gasteiger partial charge in [0.25, 0.3) is 0 Å². The van der Waals surface area contributed by atoms with Gasteiger partial charge in [0.15, 0.2) is 0 Å². The maximum absolute atomic E-state index is 11.4. The summed E-state index contributed by atoms with van der Waals surface area (Å²) in [4.78, 5) is 21.7. The number of unbranched alkanes of at least 4 members (excludes halogenated alkanes) is 3. The zero-order valence-corrected chi connectivity index (χ0v) is 11.4. The van der Waals surface area contributed by atoms with Crippen molar-refractivity contribution in [1.29, 1.82) is 0 Å². The first-order valence-electron chi connectivity index (χ1n) is 6.57. The number of carboxylic acid groups (broad SMARTS) is 1. The first kappa shape index (κ1) is 16.9. The van der Waals surface area contributed by atoms with Crippen LogP contribution in [-0.2, 0) is 14.3 Å². The molecular weight excluding hydrogens is 234 g/mol. The SMILES string of the molecule is COC(C)CCC(=O)NCCCCCCC(=O)O. The summed E-state index contributed by atoms with van der Waals surface area (Å²) < 4.78 is 5.06. The van der Waals surface area contributed by atoms with Crippen LogP contribution < -0.4 is 5.32 Å². The standard InChI is InChI=1S/C13H25NO4/c1-11(18-2)8-9-12(15)14-10-6-4-3-5-7-13(16)17/h11H,3-10H2,1-2H3,(H,14,15)(H,16,17). The van der Waals surface area contributed by atoms with Crippen molar-refractivity contribution in [2.24, 2.45) is 0 Å². The lowest BCUT2D eigenvalue weighted by molar-refractivity contribution is -0.137. The van der Waals surface area contributed by atoms with E-state index in [9.17, 15) is 9.59 Å². The molecule has 1 amide bonds. The highest BCUT2D eigenvalue weighted by molar-refractivity contribution is 5.75. The molecule has 0 saturated carbocycles. The molecule has 0 aromatic rings. The minimum absolute atomic E-state index is 0.0597. The van der Waals surface area contributed by atoms with Gasteiger partial charge in [-0.2, -0.15) is 0 Å². The highest BCUT2D eigenvalue weighted by Crippen LogP contribution is 2.03. The number of hydrogen-bond donors (Lipinski definition) is 2. The number of nitrogens with one attached hydrogen (secondary N) is 1. The number of methoxy groups -OCH3 is 1. The molecule has 0 aliphatic carbocycles. The van der Waals surface area contributed by atoms with Crippen LogP contribution in [0.4, 0.5) is 0 Å². The summed E-state index contributed by atoms with van der Waals surface area (Å²) in [5.74, 6) is -0.681. The van der Waals surface area contributed by atoms with Gasteiger partial charge in [0.1, 0.15) is 0 Å². The van der Waals surface area contributed by atoms with Crippen LogP contribution in [0, 0.1) is 0 Å². The Morgan fingerprint density at radius 3 is 2.44 bits per heavy atom. The van der Waals surface area contributed by atoms with E-state index in [-0.39, 0.29) is 18.4 Å². The molecule has 106 valence electrons. The molecule has 1 atom stereocenters. The third kappa shape index (κ3) is 11.4. The molecule has 0 aromatic heterocycles. The van der Waals surface area contributed by atoms with Crippen molar-refractivity contribution < 1.29 is 19.4 Å². The smallest absolute Gasteiger partial charge is 0.303 e. The lowest BCUT2D eigenvalue weighted by atomic mass is 10.1. The number of carboxylic acids is 1. The Kier molecular flexibility index (Phi) is 10.3. The Hall–Kier alpha value is -1.10. The summed E-state index contributed by atoms with van der Waals surface area (Å²) in [6.07, 6.45) is 5.08. The van der Waals surface area contributed by atoms with Crippen molar-refractivity contribution in [2.75, 3.05) is 13.7 Å². The molecule has 0 radical (unpaired) electrons. The Morgan fingerprint density at radius 2 is 1.83 bits per heavy atom. The predicted molar refractivity (Wildman–Crippen MR) is 69.4 cm³/mol. The molecule has 0 rings (SSSR count). The van der Waals surface area contributed by atoms with Gasteiger partial charge in [-0.1, -0.05) is 12.8 Å². The molecule has 0 fully saturated rings.